The van der Waals surface area contributed by atoms with E-state index in [2.05, 4.69) is 0 Å². The van der Waals surface area contributed by atoms with Crippen LogP contribution in [-0.2, 0) is 14.3 Å². The molecule has 0 spiro atoms. The minimum absolute atomic E-state index is 0.185. The van der Waals surface area contributed by atoms with Crippen LogP contribution in [-0.4, -0.2) is 39.2 Å². The van der Waals surface area contributed by atoms with Gasteiger partial charge in [-0.25, -0.2) is 4.79 Å². The molecule has 0 N–H and O–H groups in total. The van der Waals surface area contributed by atoms with Gasteiger partial charge >= 0.3 is 5.97 Å². The lowest BCUT2D eigenvalue weighted by Gasteiger charge is -2.19. The highest BCUT2D eigenvalue weighted by molar-refractivity contribution is 8.18. The Morgan fingerprint density at radius 2 is 2.00 bits per heavy atom. The molecule has 2 amide bonds. The van der Waals surface area contributed by atoms with Gasteiger partial charge in [-0.3, -0.25) is 14.5 Å². The summed E-state index contributed by atoms with van der Waals surface area (Å²) < 4.78 is 6.97. The lowest BCUT2D eigenvalue weighted by atomic mass is 10.2. The summed E-state index contributed by atoms with van der Waals surface area (Å²) >= 11 is 6.94. The van der Waals surface area contributed by atoms with Crippen LogP contribution in [0, 0.1) is 13.8 Å². The highest BCUT2D eigenvalue weighted by Gasteiger charge is 2.41. The van der Waals surface area contributed by atoms with Gasteiger partial charge in [0.15, 0.2) is 0 Å². The molecule has 0 unspecified atom stereocenters. The molecule has 2 heterocycles. The molecule has 1 aliphatic heterocycles. The van der Waals surface area contributed by atoms with Gasteiger partial charge in [-0.1, -0.05) is 17.7 Å². The summed E-state index contributed by atoms with van der Waals surface area (Å²) in [5.74, 6) is -1.09. The maximum absolute atomic E-state index is 12.8. The molecule has 0 bridgehead atoms. The number of benzene rings is 1. The zero-order valence-electron chi connectivity index (χ0n) is 16.6. The molecule has 0 radical (unpaired) electrons. The molecule has 2 aromatic rings. The fourth-order valence-corrected chi connectivity index (χ4v) is 4.35. The standard InChI is InChI=1S/C21H21ClN2O4S/c1-5-28-20(26)14(4)24-19(25)18(29-21(24)27)10-15-9-12(2)23(13(15)3)17-8-6-7-16(22)11-17/h6-11,14H,5H2,1-4H3/b18-10+/t14-/m1/s1. The van der Waals surface area contributed by atoms with Crippen LogP contribution in [0.25, 0.3) is 11.8 Å². The third kappa shape index (κ3) is 4.11. The first-order chi connectivity index (χ1) is 13.7. The summed E-state index contributed by atoms with van der Waals surface area (Å²) in [7, 11) is 0. The van der Waals surface area contributed by atoms with Gasteiger partial charge in [-0.05, 0) is 75.4 Å². The van der Waals surface area contributed by atoms with Crippen LogP contribution in [0.1, 0.15) is 30.8 Å². The van der Waals surface area contributed by atoms with Crippen molar-refractivity contribution in [3.63, 3.8) is 0 Å². The van der Waals surface area contributed by atoms with Crippen molar-refractivity contribution >= 4 is 46.6 Å². The van der Waals surface area contributed by atoms with Gasteiger partial charge in [0.25, 0.3) is 11.1 Å². The minimum Gasteiger partial charge on any atom is -0.464 e. The van der Waals surface area contributed by atoms with E-state index in [9.17, 15) is 14.4 Å². The summed E-state index contributed by atoms with van der Waals surface area (Å²) in [5.41, 5.74) is 3.61. The number of esters is 1. The predicted octanol–water partition coefficient (Wildman–Crippen LogP) is 4.74. The van der Waals surface area contributed by atoms with E-state index in [1.165, 1.54) is 6.92 Å². The van der Waals surface area contributed by atoms with Crippen molar-refractivity contribution < 1.29 is 19.1 Å². The largest absolute Gasteiger partial charge is 0.464 e. The maximum atomic E-state index is 12.8. The van der Waals surface area contributed by atoms with Gasteiger partial charge in [-0.2, -0.15) is 0 Å². The number of amides is 2. The van der Waals surface area contributed by atoms with Crippen LogP contribution in [0.2, 0.25) is 5.02 Å². The Balaban J connectivity index is 1.93. The van der Waals surface area contributed by atoms with Crippen molar-refractivity contribution in [2.24, 2.45) is 0 Å². The van der Waals surface area contributed by atoms with Crippen LogP contribution in [0.4, 0.5) is 4.79 Å². The van der Waals surface area contributed by atoms with E-state index in [0.717, 1.165) is 39.3 Å². The van der Waals surface area contributed by atoms with E-state index in [4.69, 9.17) is 16.3 Å². The van der Waals surface area contributed by atoms with Crippen LogP contribution in [0.15, 0.2) is 35.2 Å². The van der Waals surface area contributed by atoms with E-state index < -0.39 is 23.2 Å². The molecule has 152 valence electrons. The van der Waals surface area contributed by atoms with Gasteiger partial charge in [0.05, 0.1) is 11.5 Å². The monoisotopic (exact) mass is 432 g/mol. The Bertz CT molecular complexity index is 1030. The third-order valence-corrected chi connectivity index (χ3v) is 5.78. The third-order valence-electron chi connectivity index (χ3n) is 4.66. The van der Waals surface area contributed by atoms with Gasteiger partial charge < -0.3 is 9.30 Å². The Hall–Kier alpha value is -2.51. The highest BCUT2D eigenvalue weighted by atomic mass is 35.5. The Morgan fingerprint density at radius 1 is 1.28 bits per heavy atom. The second-order valence-corrected chi connectivity index (χ2v) is 8.05. The van der Waals surface area contributed by atoms with E-state index in [1.54, 1.807) is 19.1 Å². The number of nitrogens with zero attached hydrogens (tertiary/aromatic N) is 2. The molecule has 1 fully saturated rings. The van der Waals surface area contributed by atoms with Crippen molar-refractivity contribution in [3.05, 3.63) is 57.2 Å². The number of carbonyl (C=O) groups excluding carboxylic acids is 3. The van der Waals surface area contributed by atoms with Crippen LogP contribution < -0.4 is 0 Å². The second kappa shape index (κ2) is 8.47. The Morgan fingerprint density at radius 3 is 2.66 bits per heavy atom. The zero-order chi connectivity index (χ0) is 21.3. The number of imide groups is 1. The number of ether oxygens (including phenoxy) is 1. The molecule has 1 aliphatic rings. The number of aromatic nitrogens is 1. The topological polar surface area (TPSA) is 68.6 Å². The molecule has 1 saturated heterocycles. The number of hydrogen-bond acceptors (Lipinski definition) is 5. The number of aryl methyl sites for hydroxylation is 1. The molecule has 0 aliphatic carbocycles. The zero-order valence-corrected chi connectivity index (χ0v) is 18.1. The maximum Gasteiger partial charge on any atom is 0.329 e. The SMILES string of the molecule is CCOC(=O)[C@@H](C)N1C(=O)S/C(=C/c2cc(C)n(-c3cccc(Cl)c3)c2C)C1=O. The molecule has 3 rings (SSSR count). The van der Waals surface area contributed by atoms with Crippen molar-refractivity contribution in [2.75, 3.05) is 6.61 Å². The molecular formula is C21H21ClN2O4S. The summed E-state index contributed by atoms with van der Waals surface area (Å²) in [6, 6.07) is 8.47. The number of thioether (sulfide) groups is 1. The number of rotatable bonds is 5. The average Bonchev–Trinajstić information content (AvgIpc) is 3.09. The van der Waals surface area contributed by atoms with E-state index in [1.807, 2.05) is 42.7 Å². The summed E-state index contributed by atoms with van der Waals surface area (Å²) in [6.45, 7) is 7.24. The molecule has 6 nitrogen and oxygen atoms in total. The van der Waals surface area contributed by atoms with E-state index in [-0.39, 0.29) is 11.5 Å². The van der Waals surface area contributed by atoms with Crippen molar-refractivity contribution in [3.8, 4) is 5.69 Å². The lowest BCUT2D eigenvalue weighted by Crippen LogP contribution is -2.42. The smallest absolute Gasteiger partial charge is 0.329 e. The predicted molar refractivity (Wildman–Crippen MR) is 114 cm³/mol. The van der Waals surface area contributed by atoms with Crippen LogP contribution >= 0.6 is 23.4 Å². The summed E-state index contributed by atoms with van der Waals surface area (Å²) in [4.78, 5) is 38.3. The molecular weight excluding hydrogens is 412 g/mol. The van der Waals surface area contributed by atoms with Gasteiger partial charge in [-0.15, -0.1) is 0 Å². The first kappa shape index (κ1) is 21.2. The fourth-order valence-electron chi connectivity index (χ4n) is 3.27. The van der Waals surface area contributed by atoms with Crippen molar-refractivity contribution in [2.45, 2.75) is 33.7 Å². The van der Waals surface area contributed by atoms with Crippen LogP contribution in [0.5, 0.6) is 0 Å². The molecule has 0 saturated carbocycles. The van der Waals surface area contributed by atoms with Gasteiger partial charge in [0.2, 0.25) is 0 Å². The first-order valence-electron chi connectivity index (χ1n) is 9.13. The first-order valence-corrected chi connectivity index (χ1v) is 10.3. The van der Waals surface area contributed by atoms with E-state index >= 15 is 0 Å². The number of halogens is 1. The molecule has 29 heavy (non-hydrogen) atoms. The van der Waals surface area contributed by atoms with Gasteiger partial charge in [0, 0.05) is 22.1 Å². The summed E-state index contributed by atoms with van der Waals surface area (Å²) in [5, 5.41) is 0.149. The second-order valence-electron chi connectivity index (χ2n) is 6.62. The fraction of sp³-hybridized carbons (Fsp3) is 0.286. The normalized spacial score (nSPS) is 16.6. The number of hydrogen-bond donors (Lipinski definition) is 0. The minimum atomic E-state index is -0.966. The average molecular weight is 433 g/mol. The van der Waals surface area contributed by atoms with Gasteiger partial charge in [0.1, 0.15) is 6.04 Å². The molecule has 1 atom stereocenters. The Labute approximate surface area is 178 Å². The molecule has 1 aromatic heterocycles. The quantitative estimate of drug-likeness (QED) is 0.504. The molecule has 8 heteroatoms. The Kier molecular flexibility index (Phi) is 6.19. The van der Waals surface area contributed by atoms with Crippen molar-refractivity contribution in [1.82, 2.24) is 9.47 Å². The number of carbonyl (C=O) groups is 3. The van der Waals surface area contributed by atoms with Crippen molar-refractivity contribution in [1.29, 1.82) is 0 Å². The molecule has 1 aromatic carbocycles. The summed E-state index contributed by atoms with van der Waals surface area (Å²) in [6.07, 6.45) is 1.69. The highest BCUT2D eigenvalue weighted by Crippen LogP contribution is 2.35. The van der Waals surface area contributed by atoms with Crippen LogP contribution in [0.3, 0.4) is 0 Å². The lowest BCUT2D eigenvalue weighted by molar-refractivity contribution is -0.150. The van der Waals surface area contributed by atoms with E-state index in [0.29, 0.717) is 5.02 Å².